The van der Waals surface area contributed by atoms with Crippen molar-refractivity contribution >= 4 is 27.2 Å². The van der Waals surface area contributed by atoms with Gasteiger partial charge in [0.15, 0.2) is 5.78 Å². The van der Waals surface area contributed by atoms with Crippen molar-refractivity contribution < 1.29 is 30.0 Å². The molecule has 0 amide bonds. The van der Waals surface area contributed by atoms with Crippen LogP contribution in [0, 0.1) is 31.7 Å². The summed E-state index contributed by atoms with van der Waals surface area (Å²) >= 11 is 1.83. The molecule has 2 heterocycles. The third-order valence-electron chi connectivity index (χ3n) is 7.94. The average molecular weight is 775 g/mol. The van der Waals surface area contributed by atoms with Crippen molar-refractivity contribution in [3.05, 3.63) is 89.3 Å². The van der Waals surface area contributed by atoms with E-state index in [1.165, 1.54) is 37.7 Å². The fraction of sp³-hybridized carbons (Fsp3) is 0.421. The fourth-order valence-electron chi connectivity index (χ4n) is 5.17. The van der Waals surface area contributed by atoms with Gasteiger partial charge in [-0.15, -0.1) is 46.2 Å². The van der Waals surface area contributed by atoms with Crippen molar-refractivity contribution in [1.29, 1.82) is 0 Å². The van der Waals surface area contributed by atoms with Crippen LogP contribution in [0.3, 0.4) is 0 Å². The molecule has 0 saturated carbocycles. The van der Waals surface area contributed by atoms with E-state index in [9.17, 15) is 9.90 Å². The molecule has 5 heteroatoms. The summed E-state index contributed by atoms with van der Waals surface area (Å²) in [5.74, 6) is 0.547. The van der Waals surface area contributed by atoms with Gasteiger partial charge in [-0.05, 0) is 54.0 Å². The Morgan fingerprint density at radius 3 is 2.07 bits per heavy atom. The molecule has 4 aromatic rings. The summed E-state index contributed by atoms with van der Waals surface area (Å²) in [7, 11) is 0. The first-order chi connectivity index (χ1) is 19.9. The number of nitrogens with zero attached hydrogens (tertiary/aromatic N) is 1. The Bertz CT molecular complexity index is 1480. The zero-order chi connectivity index (χ0) is 31.0. The molecular formula is C38H48IrNO2S-. The second-order valence-corrected chi connectivity index (χ2v) is 13.4. The van der Waals surface area contributed by atoms with Gasteiger partial charge in [0.1, 0.15) is 0 Å². The third kappa shape index (κ3) is 9.96. The molecule has 4 rings (SSSR count). The van der Waals surface area contributed by atoms with Crippen LogP contribution >= 0.6 is 11.3 Å². The number of aryl methyl sites for hydroxylation is 2. The molecule has 0 spiro atoms. The number of benzene rings is 2. The summed E-state index contributed by atoms with van der Waals surface area (Å²) in [6.45, 7) is 19.0. The monoisotopic (exact) mass is 775 g/mol. The molecule has 0 fully saturated rings. The molecule has 1 N–H and O–H groups in total. The van der Waals surface area contributed by atoms with Crippen molar-refractivity contribution in [2.24, 2.45) is 11.8 Å². The molecule has 3 nitrogen and oxygen atoms in total. The normalized spacial score (nSPS) is 11.8. The average Bonchev–Trinajstić information content (AvgIpc) is 3.37. The number of ketones is 1. The van der Waals surface area contributed by atoms with Gasteiger partial charge in [-0.2, -0.15) is 0 Å². The number of carbonyl (C=O) groups is 1. The minimum absolute atomic E-state index is 0. The Labute approximate surface area is 277 Å². The smallest absolute Gasteiger partial charge is 0.162 e. The number of aliphatic hydroxyl groups excluding tert-OH is 1. The molecule has 233 valence electrons. The van der Waals surface area contributed by atoms with Gasteiger partial charge in [-0.3, -0.25) is 4.79 Å². The van der Waals surface area contributed by atoms with Crippen molar-refractivity contribution in [3.8, 4) is 21.7 Å². The van der Waals surface area contributed by atoms with E-state index in [1.54, 1.807) is 0 Å². The SMILES string of the molecule is CCC(CC)C(=O)/C=C(\O)C(CC)CC.Cc1[c-]c(-c2cc3sc(-c4ccc(C(C)(C)C)cc4)cc3cn2)cc(C)c1.[Ir]. The van der Waals surface area contributed by atoms with E-state index >= 15 is 0 Å². The van der Waals surface area contributed by atoms with Gasteiger partial charge in [0.25, 0.3) is 0 Å². The Morgan fingerprint density at radius 2 is 1.53 bits per heavy atom. The quantitative estimate of drug-likeness (QED) is 0.105. The number of carbonyl (C=O) groups excluding carboxylic acids is 1. The van der Waals surface area contributed by atoms with Gasteiger partial charge in [0, 0.05) is 59.2 Å². The summed E-state index contributed by atoms with van der Waals surface area (Å²) in [4.78, 5) is 17.7. The van der Waals surface area contributed by atoms with Crippen LogP contribution < -0.4 is 0 Å². The zero-order valence-corrected chi connectivity index (χ0v) is 30.5. The maximum Gasteiger partial charge on any atom is 0.162 e. The van der Waals surface area contributed by atoms with E-state index in [0.29, 0.717) is 0 Å². The van der Waals surface area contributed by atoms with E-state index < -0.39 is 0 Å². The van der Waals surface area contributed by atoms with Crippen LogP contribution in [0.4, 0.5) is 0 Å². The van der Waals surface area contributed by atoms with Crippen LogP contribution in [-0.4, -0.2) is 15.9 Å². The van der Waals surface area contributed by atoms with E-state index in [1.807, 2.05) is 45.2 Å². The molecule has 2 aromatic heterocycles. The molecule has 43 heavy (non-hydrogen) atoms. The van der Waals surface area contributed by atoms with Crippen LogP contribution in [0.15, 0.2) is 66.6 Å². The molecule has 0 aliphatic rings. The second-order valence-electron chi connectivity index (χ2n) is 12.3. The Hall–Kier alpha value is -2.59. The number of allylic oxidation sites excluding steroid dienone is 2. The predicted octanol–water partition coefficient (Wildman–Crippen LogP) is 11.2. The van der Waals surface area contributed by atoms with E-state index in [-0.39, 0.29) is 48.9 Å². The number of rotatable bonds is 9. The Kier molecular flexibility index (Phi) is 14.0. The molecule has 1 radical (unpaired) electrons. The van der Waals surface area contributed by atoms with Gasteiger partial charge in [0.2, 0.25) is 0 Å². The van der Waals surface area contributed by atoms with Crippen LogP contribution in [0.5, 0.6) is 0 Å². The molecule has 0 bridgehead atoms. The van der Waals surface area contributed by atoms with Crippen molar-refractivity contribution in [2.75, 3.05) is 0 Å². The number of thiophene rings is 1. The molecule has 0 aliphatic heterocycles. The standard InChI is InChI=1S/C25H24NS.C13H24O2.Ir/c1-16-10-17(2)12-19(11-16)22-14-24-20(15-26-22)13-23(27-24)18-6-8-21(9-7-18)25(3,4)5;1-5-10(6-2)12(14)9-13(15)11(7-3)8-4;/h6-11,13-15H,1-5H3;9-11,14H,5-8H2,1-4H3;/q-1;;/b;12-9-;. The Morgan fingerprint density at radius 1 is 0.930 bits per heavy atom. The number of hydrogen-bond acceptors (Lipinski definition) is 4. The van der Waals surface area contributed by atoms with Crippen LogP contribution in [0.25, 0.3) is 31.8 Å². The third-order valence-corrected chi connectivity index (χ3v) is 9.09. The van der Waals surface area contributed by atoms with Gasteiger partial charge in [-0.25, -0.2) is 0 Å². The topological polar surface area (TPSA) is 50.2 Å². The Balaban J connectivity index is 0.000000348. The number of fused-ring (bicyclic) bond motifs is 1. The van der Waals surface area contributed by atoms with Crippen molar-refractivity contribution in [2.45, 2.75) is 93.4 Å². The summed E-state index contributed by atoms with van der Waals surface area (Å²) in [5.41, 5.74) is 7.27. The van der Waals surface area contributed by atoms with E-state index in [4.69, 9.17) is 0 Å². The van der Waals surface area contributed by atoms with Crippen molar-refractivity contribution in [3.63, 3.8) is 0 Å². The van der Waals surface area contributed by atoms with Crippen molar-refractivity contribution in [1.82, 2.24) is 4.98 Å². The second kappa shape index (κ2) is 16.5. The molecule has 0 aliphatic carbocycles. The van der Waals surface area contributed by atoms with Crippen LogP contribution in [0.1, 0.15) is 90.8 Å². The molecule has 0 atom stereocenters. The van der Waals surface area contributed by atoms with Crippen LogP contribution in [0.2, 0.25) is 0 Å². The molecule has 0 unspecified atom stereocenters. The first-order valence-corrected chi connectivity index (χ1v) is 16.2. The summed E-state index contributed by atoms with van der Waals surface area (Å²) in [5, 5.41) is 11.0. The molecule has 2 aromatic carbocycles. The van der Waals surface area contributed by atoms with Crippen LogP contribution in [-0.2, 0) is 30.3 Å². The van der Waals surface area contributed by atoms with Gasteiger partial charge >= 0.3 is 0 Å². The van der Waals surface area contributed by atoms with Gasteiger partial charge in [0.05, 0.1) is 5.76 Å². The predicted molar refractivity (Wildman–Crippen MR) is 181 cm³/mol. The minimum atomic E-state index is 0. The summed E-state index contributed by atoms with van der Waals surface area (Å²) in [6.07, 6.45) is 6.89. The van der Waals surface area contributed by atoms with E-state index in [2.05, 4.69) is 94.2 Å². The molecule has 0 saturated heterocycles. The zero-order valence-electron chi connectivity index (χ0n) is 27.3. The van der Waals surface area contributed by atoms with Gasteiger partial charge in [-0.1, -0.05) is 92.6 Å². The first-order valence-electron chi connectivity index (χ1n) is 15.4. The summed E-state index contributed by atoms with van der Waals surface area (Å²) < 4.78 is 1.27. The summed E-state index contributed by atoms with van der Waals surface area (Å²) in [6, 6.07) is 21.1. The maximum absolute atomic E-state index is 11.7. The number of hydrogen-bond donors (Lipinski definition) is 1. The largest absolute Gasteiger partial charge is 0.512 e. The number of aromatic nitrogens is 1. The van der Waals surface area contributed by atoms with E-state index in [0.717, 1.165) is 42.5 Å². The first kappa shape index (κ1) is 36.6. The number of pyridine rings is 1. The molecular weight excluding hydrogens is 727 g/mol. The fourth-order valence-corrected chi connectivity index (χ4v) is 6.25. The van der Waals surface area contributed by atoms with Gasteiger partial charge < -0.3 is 10.1 Å². The number of aliphatic hydroxyl groups is 1. The maximum atomic E-state index is 11.7. The minimum Gasteiger partial charge on any atom is -0.512 e.